The number of hydrogen-bond donors (Lipinski definition) is 2. The molecule has 5 aromatic carbocycles. The number of fused-ring (bicyclic) bond motifs is 7. The van der Waals surface area contributed by atoms with Crippen molar-refractivity contribution in [2.75, 3.05) is 17.3 Å². The van der Waals surface area contributed by atoms with Crippen LogP contribution in [0, 0.1) is 5.41 Å². The zero-order chi connectivity index (χ0) is 45.9. The maximum Gasteiger partial charge on any atom is 0.161 e. The number of anilines is 2. The first-order valence-electron chi connectivity index (χ1n) is 22.8. The van der Waals surface area contributed by atoms with Crippen molar-refractivity contribution >= 4 is 86.0 Å². The average Bonchev–Trinajstić information content (AvgIpc) is 3.99. The smallest absolute Gasteiger partial charge is 0.161 e. The molecule has 67 heavy (non-hydrogen) atoms. The number of nitrogen functional groups attached to an aromatic ring is 1. The molecule has 0 fully saturated rings. The van der Waals surface area contributed by atoms with E-state index in [1.54, 1.807) is 13.1 Å². The number of aliphatic imine (C=N–C) groups is 3. The van der Waals surface area contributed by atoms with Crippen molar-refractivity contribution in [3.63, 3.8) is 0 Å². The van der Waals surface area contributed by atoms with Crippen LogP contribution in [-0.4, -0.2) is 51.4 Å². The van der Waals surface area contributed by atoms with Crippen molar-refractivity contribution in [2.45, 2.75) is 39.2 Å². The number of allylic oxidation sites excluding steroid dienone is 5. The quantitative estimate of drug-likeness (QED) is 0.117. The Bertz CT molecular complexity index is 3440. The number of hydrogen-bond acceptors (Lipinski definition) is 5. The zero-order valence-electron chi connectivity index (χ0n) is 37.7. The lowest BCUT2D eigenvalue weighted by molar-refractivity contribution is 0.732. The van der Waals surface area contributed by atoms with Gasteiger partial charge in [-0.25, -0.2) is 15.0 Å². The summed E-state index contributed by atoms with van der Waals surface area (Å²) in [6, 6.07) is 47.2. The number of amidine groups is 2. The molecular formula is C58H51N9. The third-order valence-corrected chi connectivity index (χ3v) is 12.6. The maximum atomic E-state index is 6.70. The van der Waals surface area contributed by atoms with E-state index in [1.807, 2.05) is 49.4 Å². The molecule has 1 unspecified atom stereocenters. The fourth-order valence-corrected chi connectivity index (χ4v) is 9.70. The minimum absolute atomic E-state index is 0.145. The molecule has 1 atom stereocenters. The lowest BCUT2D eigenvalue weighted by atomic mass is 9.89. The molecule has 11 rings (SSSR count). The van der Waals surface area contributed by atoms with E-state index >= 15 is 0 Å². The molecule has 0 spiro atoms. The summed E-state index contributed by atoms with van der Waals surface area (Å²) in [6.07, 6.45) is 21.3. The normalized spacial score (nSPS) is 15.8. The number of nitrogens with zero attached hydrogens (tertiary/aromatic N) is 7. The van der Waals surface area contributed by atoms with Gasteiger partial charge in [-0.3, -0.25) is 4.98 Å². The van der Waals surface area contributed by atoms with Crippen molar-refractivity contribution in [1.29, 1.82) is 5.41 Å². The Hall–Kier alpha value is -8.43. The molecule has 3 aliphatic rings. The van der Waals surface area contributed by atoms with Gasteiger partial charge in [-0.2, -0.15) is 0 Å². The van der Waals surface area contributed by atoms with E-state index in [1.165, 1.54) is 44.9 Å². The van der Waals surface area contributed by atoms with E-state index in [0.29, 0.717) is 24.0 Å². The number of rotatable bonds is 8. The highest BCUT2D eigenvalue weighted by molar-refractivity contribution is 6.14. The topological polar surface area (TPSA) is 113 Å². The van der Waals surface area contributed by atoms with E-state index < -0.39 is 0 Å². The zero-order valence-corrected chi connectivity index (χ0v) is 37.7. The van der Waals surface area contributed by atoms with Gasteiger partial charge in [-0.15, -0.1) is 0 Å². The maximum absolute atomic E-state index is 6.70. The van der Waals surface area contributed by atoms with E-state index in [0.717, 1.165) is 69.5 Å². The molecule has 9 heteroatoms. The van der Waals surface area contributed by atoms with Crippen LogP contribution in [0.25, 0.3) is 61.4 Å². The standard InChI is InChI=1S/C56H46N8.C2H5N/c1-3-16-51-53(57)54-52(27-15-32-59-54)64(51)42-22-14-21-41(35-42)63-49-26-13-11-24-44(49)46-34-40(29-31-50(46)63)39-28-30-48-45(33-39)43-23-10-12-25-47(43)62(48)36-60-56(38-19-8-5-9-20-38)61-55(58-2)37-17-6-4-7-18-37;1-2-3/h3-4,6-8,10-29,31-35,48H,2,5,9,30,36,57H2,1H3;2-3H,1H3/b16-3-,60-56-,61-55?;. The van der Waals surface area contributed by atoms with Crippen LogP contribution < -0.4 is 10.6 Å². The monoisotopic (exact) mass is 873 g/mol. The first-order chi connectivity index (χ1) is 33.0. The van der Waals surface area contributed by atoms with E-state index in [9.17, 15) is 0 Å². The Labute approximate surface area is 390 Å². The first kappa shape index (κ1) is 42.5. The second-order valence-electron chi connectivity index (χ2n) is 16.6. The summed E-state index contributed by atoms with van der Waals surface area (Å²) >= 11 is 0. The molecule has 8 aromatic rings. The summed E-state index contributed by atoms with van der Waals surface area (Å²) in [5.74, 6) is 1.23. The predicted octanol–water partition coefficient (Wildman–Crippen LogP) is 13.2. The van der Waals surface area contributed by atoms with Gasteiger partial charge in [-0.05, 0) is 130 Å². The van der Waals surface area contributed by atoms with Gasteiger partial charge in [-0.1, -0.05) is 109 Å². The molecule has 4 heterocycles. The minimum Gasteiger partial charge on any atom is -0.395 e. The highest BCUT2D eigenvalue weighted by Gasteiger charge is 2.35. The number of pyridine rings is 1. The van der Waals surface area contributed by atoms with Crippen LogP contribution in [0.4, 0.5) is 11.4 Å². The fraction of sp³-hybridized carbons (Fsp3) is 0.121. The SMILES string of the molecule is C=NC(=N/C(=N\CN1c2ccccc2C2=CC(c3ccc4c(c3)c3ccccc3n4-c3cccc(-n4c(/C=C\C)c(N)c5ncccc54)c3)=CCC21)C1=CCCC=C1)c1ccccc1.CC=N. The highest BCUT2D eigenvalue weighted by Crippen LogP contribution is 2.46. The minimum atomic E-state index is 0.145. The van der Waals surface area contributed by atoms with Gasteiger partial charge < -0.3 is 25.2 Å². The van der Waals surface area contributed by atoms with Crippen LogP contribution in [-0.2, 0) is 0 Å². The molecular weight excluding hydrogens is 823 g/mol. The Morgan fingerprint density at radius 2 is 1.55 bits per heavy atom. The fourth-order valence-electron chi connectivity index (χ4n) is 9.70. The van der Waals surface area contributed by atoms with Crippen LogP contribution in [0.2, 0.25) is 0 Å². The van der Waals surface area contributed by atoms with Gasteiger partial charge in [0.15, 0.2) is 11.7 Å². The number of para-hydroxylation sites is 2. The number of nitrogens with one attached hydrogen (secondary N) is 1. The Kier molecular flexibility index (Phi) is 11.8. The molecule has 328 valence electrons. The highest BCUT2D eigenvalue weighted by atomic mass is 15.3. The van der Waals surface area contributed by atoms with Gasteiger partial charge >= 0.3 is 0 Å². The summed E-state index contributed by atoms with van der Waals surface area (Å²) in [5.41, 5.74) is 22.5. The summed E-state index contributed by atoms with van der Waals surface area (Å²) in [5, 5.41) is 8.50. The average molecular weight is 874 g/mol. The van der Waals surface area contributed by atoms with Crippen molar-refractivity contribution in [2.24, 2.45) is 15.0 Å². The van der Waals surface area contributed by atoms with Gasteiger partial charge in [0.1, 0.15) is 12.2 Å². The van der Waals surface area contributed by atoms with E-state index in [4.69, 9.17) is 21.1 Å². The summed E-state index contributed by atoms with van der Waals surface area (Å²) in [7, 11) is 0. The van der Waals surface area contributed by atoms with Crippen LogP contribution in [0.1, 0.15) is 55.5 Å². The third-order valence-electron chi connectivity index (χ3n) is 12.6. The Morgan fingerprint density at radius 1 is 0.791 bits per heavy atom. The van der Waals surface area contributed by atoms with Crippen LogP contribution >= 0.6 is 0 Å². The Morgan fingerprint density at radius 3 is 2.36 bits per heavy atom. The van der Waals surface area contributed by atoms with Crippen LogP contribution in [0.15, 0.2) is 197 Å². The van der Waals surface area contributed by atoms with Crippen molar-refractivity contribution in [3.05, 3.63) is 204 Å². The molecule has 0 bridgehead atoms. The summed E-state index contributed by atoms with van der Waals surface area (Å²) in [4.78, 5) is 21.6. The van der Waals surface area contributed by atoms with Gasteiger partial charge in [0.05, 0.1) is 34.0 Å². The third kappa shape index (κ3) is 7.84. The first-order valence-corrected chi connectivity index (χ1v) is 22.8. The van der Waals surface area contributed by atoms with Crippen molar-refractivity contribution in [3.8, 4) is 11.4 Å². The largest absolute Gasteiger partial charge is 0.395 e. The second-order valence-corrected chi connectivity index (χ2v) is 16.6. The van der Waals surface area contributed by atoms with Crippen LogP contribution in [0.3, 0.4) is 0 Å². The lowest BCUT2D eigenvalue weighted by Gasteiger charge is -2.28. The Balaban J connectivity index is 0.00000171. The predicted molar refractivity (Wildman–Crippen MR) is 284 cm³/mol. The molecule has 0 saturated heterocycles. The number of aromatic nitrogens is 3. The van der Waals surface area contributed by atoms with Gasteiger partial charge in [0.2, 0.25) is 0 Å². The van der Waals surface area contributed by atoms with Crippen molar-refractivity contribution < 1.29 is 0 Å². The number of benzene rings is 5. The van der Waals surface area contributed by atoms with E-state index in [-0.39, 0.29) is 6.04 Å². The second kappa shape index (κ2) is 18.6. The lowest BCUT2D eigenvalue weighted by Crippen LogP contribution is -2.32. The number of nitrogens with two attached hydrogens (primary N) is 1. The van der Waals surface area contributed by atoms with Gasteiger partial charge in [0.25, 0.3) is 0 Å². The molecule has 3 aromatic heterocycles. The molecule has 0 amide bonds. The molecule has 9 nitrogen and oxygen atoms in total. The molecule has 0 radical (unpaired) electrons. The molecule has 2 aliphatic carbocycles. The molecule has 3 N–H and O–H groups in total. The van der Waals surface area contributed by atoms with Crippen molar-refractivity contribution in [1.82, 2.24) is 14.1 Å². The summed E-state index contributed by atoms with van der Waals surface area (Å²) < 4.78 is 4.58. The molecule has 0 saturated carbocycles. The van der Waals surface area contributed by atoms with E-state index in [2.05, 4.69) is 164 Å². The molecule has 1 aliphatic heterocycles. The van der Waals surface area contributed by atoms with Gasteiger partial charge in [0, 0.05) is 50.7 Å². The summed E-state index contributed by atoms with van der Waals surface area (Å²) in [6.45, 7) is 8.00. The van der Waals surface area contributed by atoms with Crippen LogP contribution in [0.5, 0.6) is 0 Å².